The van der Waals surface area contributed by atoms with Crippen LogP contribution in [0.5, 0.6) is 0 Å². The molecule has 2 aliphatic heterocycles. The van der Waals surface area contributed by atoms with Crippen molar-refractivity contribution in [3.8, 4) is 0 Å². The van der Waals surface area contributed by atoms with Crippen LogP contribution >= 0.6 is 0 Å². The van der Waals surface area contributed by atoms with Crippen molar-refractivity contribution in [2.24, 2.45) is 5.41 Å². The van der Waals surface area contributed by atoms with Crippen LogP contribution in [0.4, 0.5) is 5.82 Å². The summed E-state index contributed by atoms with van der Waals surface area (Å²) in [6, 6.07) is 1.61. The van der Waals surface area contributed by atoms with Gasteiger partial charge >= 0.3 is 0 Å². The second-order valence-electron chi connectivity index (χ2n) is 5.57. The van der Waals surface area contributed by atoms with E-state index in [9.17, 15) is 4.79 Å². The lowest BCUT2D eigenvalue weighted by Gasteiger charge is -2.45. The number of H-pyrrole nitrogens is 1. The summed E-state index contributed by atoms with van der Waals surface area (Å²) in [7, 11) is 0. The first kappa shape index (κ1) is 11.7. The lowest BCUT2D eigenvalue weighted by molar-refractivity contribution is 0.173. The predicted octanol–water partition coefficient (Wildman–Crippen LogP) is 0.740. The van der Waals surface area contributed by atoms with Gasteiger partial charge in [-0.25, -0.2) is 4.98 Å². The summed E-state index contributed by atoms with van der Waals surface area (Å²) < 4.78 is 0. The molecule has 3 rings (SSSR count). The lowest BCUT2D eigenvalue weighted by Crippen LogP contribution is -2.51. The molecule has 2 fully saturated rings. The van der Waals surface area contributed by atoms with E-state index >= 15 is 0 Å². The SMILES string of the molecule is O=c1cc(N2CCCC3(CCCNC3)C2)nc[nH]1. The molecule has 1 atom stereocenters. The highest BCUT2D eigenvalue weighted by Gasteiger charge is 2.36. The molecule has 0 aliphatic carbocycles. The van der Waals surface area contributed by atoms with Gasteiger partial charge in [-0.2, -0.15) is 0 Å². The van der Waals surface area contributed by atoms with Crippen molar-refractivity contribution in [1.82, 2.24) is 15.3 Å². The van der Waals surface area contributed by atoms with Crippen LogP contribution in [0.25, 0.3) is 0 Å². The molecule has 2 saturated heterocycles. The van der Waals surface area contributed by atoms with Gasteiger partial charge in [-0.1, -0.05) is 0 Å². The third kappa shape index (κ3) is 2.27. The van der Waals surface area contributed by atoms with E-state index in [0.717, 1.165) is 32.0 Å². The molecule has 18 heavy (non-hydrogen) atoms. The maximum Gasteiger partial charge on any atom is 0.252 e. The third-order valence-electron chi connectivity index (χ3n) is 4.21. The number of hydrogen-bond acceptors (Lipinski definition) is 4. The molecule has 0 amide bonds. The molecule has 1 unspecified atom stereocenters. The van der Waals surface area contributed by atoms with Crippen molar-refractivity contribution >= 4 is 5.82 Å². The Balaban J connectivity index is 1.79. The Kier molecular flexibility index (Phi) is 3.07. The van der Waals surface area contributed by atoms with Crippen molar-refractivity contribution in [1.29, 1.82) is 0 Å². The van der Waals surface area contributed by atoms with Crippen LogP contribution < -0.4 is 15.8 Å². The van der Waals surface area contributed by atoms with Gasteiger partial charge in [0.05, 0.1) is 6.33 Å². The van der Waals surface area contributed by atoms with Crippen molar-refractivity contribution in [3.63, 3.8) is 0 Å². The van der Waals surface area contributed by atoms with Gasteiger partial charge in [-0.05, 0) is 32.2 Å². The molecule has 98 valence electrons. The van der Waals surface area contributed by atoms with E-state index < -0.39 is 0 Å². The fourth-order valence-electron chi connectivity index (χ4n) is 3.31. The van der Waals surface area contributed by atoms with Crippen molar-refractivity contribution in [2.75, 3.05) is 31.1 Å². The molecule has 0 saturated carbocycles. The van der Waals surface area contributed by atoms with Gasteiger partial charge in [0.25, 0.3) is 5.56 Å². The Morgan fingerprint density at radius 3 is 3.00 bits per heavy atom. The van der Waals surface area contributed by atoms with E-state index in [1.54, 1.807) is 6.07 Å². The summed E-state index contributed by atoms with van der Waals surface area (Å²) in [6.07, 6.45) is 6.53. The highest BCUT2D eigenvalue weighted by molar-refractivity contribution is 5.37. The molecule has 0 aromatic carbocycles. The molecule has 2 aliphatic rings. The Labute approximate surface area is 107 Å². The minimum absolute atomic E-state index is 0.0682. The number of nitrogens with zero attached hydrogens (tertiary/aromatic N) is 2. The summed E-state index contributed by atoms with van der Waals surface area (Å²) in [5, 5.41) is 3.51. The molecule has 3 heterocycles. The molecule has 5 heteroatoms. The van der Waals surface area contributed by atoms with Crippen molar-refractivity contribution in [2.45, 2.75) is 25.7 Å². The third-order valence-corrected chi connectivity index (χ3v) is 4.21. The minimum Gasteiger partial charge on any atom is -0.356 e. The van der Waals surface area contributed by atoms with E-state index in [2.05, 4.69) is 20.2 Å². The lowest BCUT2D eigenvalue weighted by atomic mass is 9.74. The number of aromatic amines is 1. The minimum atomic E-state index is -0.0682. The summed E-state index contributed by atoms with van der Waals surface area (Å²) >= 11 is 0. The Hall–Kier alpha value is -1.36. The zero-order valence-corrected chi connectivity index (χ0v) is 10.6. The highest BCUT2D eigenvalue weighted by atomic mass is 16.1. The molecular weight excluding hydrogens is 228 g/mol. The van der Waals surface area contributed by atoms with Gasteiger partial charge in [0, 0.05) is 31.1 Å². The van der Waals surface area contributed by atoms with Crippen LogP contribution in [-0.4, -0.2) is 36.1 Å². The fourth-order valence-corrected chi connectivity index (χ4v) is 3.31. The number of rotatable bonds is 1. The van der Waals surface area contributed by atoms with Crippen LogP contribution in [0.15, 0.2) is 17.2 Å². The first-order chi connectivity index (χ1) is 8.77. The largest absolute Gasteiger partial charge is 0.356 e. The van der Waals surface area contributed by atoms with Gasteiger partial charge < -0.3 is 15.2 Å². The highest BCUT2D eigenvalue weighted by Crippen LogP contribution is 2.36. The second kappa shape index (κ2) is 4.72. The quantitative estimate of drug-likeness (QED) is 0.769. The molecule has 1 aromatic rings. The fraction of sp³-hybridized carbons (Fsp3) is 0.692. The summed E-state index contributed by atoms with van der Waals surface area (Å²) in [5.74, 6) is 0.823. The summed E-state index contributed by atoms with van der Waals surface area (Å²) in [4.78, 5) is 20.5. The molecular formula is C13H20N4O. The maximum absolute atomic E-state index is 11.4. The average Bonchev–Trinajstić information content (AvgIpc) is 2.40. The smallest absolute Gasteiger partial charge is 0.252 e. The van der Waals surface area contributed by atoms with Crippen LogP contribution in [0.3, 0.4) is 0 Å². The van der Waals surface area contributed by atoms with Crippen LogP contribution in [0, 0.1) is 5.41 Å². The van der Waals surface area contributed by atoms with Gasteiger partial charge in [0.15, 0.2) is 0 Å². The van der Waals surface area contributed by atoms with Gasteiger partial charge in [-0.15, -0.1) is 0 Å². The van der Waals surface area contributed by atoms with Gasteiger partial charge in [0.1, 0.15) is 5.82 Å². The van der Waals surface area contributed by atoms with E-state index in [1.807, 2.05) is 0 Å². The normalized spacial score (nSPS) is 28.6. The number of nitrogens with one attached hydrogen (secondary N) is 2. The number of piperidine rings is 2. The van der Waals surface area contributed by atoms with Gasteiger partial charge in [0.2, 0.25) is 0 Å². The number of aromatic nitrogens is 2. The summed E-state index contributed by atoms with van der Waals surface area (Å²) in [6.45, 7) is 4.28. The van der Waals surface area contributed by atoms with Crippen LogP contribution in [0.1, 0.15) is 25.7 Å². The van der Waals surface area contributed by atoms with E-state index in [1.165, 1.54) is 32.0 Å². The van der Waals surface area contributed by atoms with Crippen molar-refractivity contribution < 1.29 is 0 Å². The summed E-state index contributed by atoms with van der Waals surface area (Å²) in [5.41, 5.74) is 0.322. The first-order valence-corrected chi connectivity index (χ1v) is 6.78. The van der Waals surface area contributed by atoms with E-state index in [4.69, 9.17) is 0 Å². The van der Waals surface area contributed by atoms with Gasteiger partial charge in [-0.3, -0.25) is 4.79 Å². The zero-order valence-electron chi connectivity index (χ0n) is 10.6. The van der Waals surface area contributed by atoms with Crippen LogP contribution in [-0.2, 0) is 0 Å². The molecule has 1 spiro atoms. The molecule has 5 nitrogen and oxygen atoms in total. The standard InChI is InChI=1S/C13H20N4O/c18-12-7-11(15-10-16-12)17-6-2-4-13(9-17)3-1-5-14-8-13/h7,10,14H,1-6,8-9H2,(H,15,16,18). The second-order valence-corrected chi connectivity index (χ2v) is 5.57. The average molecular weight is 248 g/mol. The monoisotopic (exact) mass is 248 g/mol. The number of anilines is 1. The predicted molar refractivity (Wildman–Crippen MR) is 70.8 cm³/mol. The maximum atomic E-state index is 11.4. The van der Waals surface area contributed by atoms with E-state index in [-0.39, 0.29) is 5.56 Å². The van der Waals surface area contributed by atoms with Crippen molar-refractivity contribution in [3.05, 3.63) is 22.7 Å². The number of hydrogen-bond donors (Lipinski definition) is 2. The zero-order chi connectivity index (χ0) is 12.4. The topological polar surface area (TPSA) is 61.0 Å². The van der Waals surface area contributed by atoms with E-state index in [0.29, 0.717) is 5.41 Å². The Morgan fingerprint density at radius 2 is 2.22 bits per heavy atom. The van der Waals surface area contributed by atoms with Crippen LogP contribution in [0.2, 0.25) is 0 Å². The molecule has 0 radical (unpaired) electrons. The molecule has 1 aromatic heterocycles. The molecule has 2 N–H and O–H groups in total. The first-order valence-electron chi connectivity index (χ1n) is 6.78. The molecule has 0 bridgehead atoms. The Bertz CT molecular complexity index is 459. The Morgan fingerprint density at radius 1 is 1.33 bits per heavy atom.